The Hall–Kier alpha value is -4.22. The minimum atomic E-state index is -3.10. The molecule has 38 heavy (non-hydrogen) atoms. The maximum Gasteiger partial charge on any atom is 0.229 e. The first-order chi connectivity index (χ1) is 18.0. The minimum absolute atomic E-state index is 0.0109. The third-order valence-corrected chi connectivity index (χ3v) is 7.33. The van der Waals surface area contributed by atoms with E-state index in [0.29, 0.717) is 22.9 Å². The number of halogens is 1. The summed E-state index contributed by atoms with van der Waals surface area (Å²) >= 11 is 0. The fourth-order valence-electron chi connectivity index (χ4n) is 4.44. The van der Waals surface area contributed by atoms with Gasteiger partial charge in [-0.2, -0.15) is 4.98 Å². The van der Waals surface area contributed by atoms with Crippen LogP contribution < -0.4 is 26.2 Å². The number of nitrogens with two attached hydrogens (primary N) is 1. The molecule has 0 saturated heterocycles. The number of anilines is 6. The van der Waals surface area contributed by atoms with E-state index in [1.165, 1.54) is 18.4 Å². The molecule has 3 aromatic carbocycles. The summed E-state index contributed by atoms with van der Waals surface area (Å²) in [5, 5.41) is 6.50. The zero-order chi connectivity index (χ0) is 27.1. The molecular weight excluding hydrogens is 505 g/mol. The molecule has 4 N–H and O–H groups in total. The van der Waals surface area contributed by atoms with Crippen LogP contribution in [0.3, 0.4) is 0 Å². The molecule has 1 aromatic heterocycles. The molecule has 0 saturated carbocycles. The number of nitrogens with one attached hydrogen (secondary N) is 2. The number of rotatable bonds is 7. The average Bonchev–Trinajstić information content (AvgIpc) is 3.14. The highest BCUT2D eigenvalue weighted by atomic mass is 32.2. The molecule has 0 spiro atoms. The third kappa shape index (κ3) is 5.11. The first kappa shape index (κ1) is 25.4. The van der Waals surface area contributed by atoms with Gasteiger partial charge in [-0.25, -0.2) is 17.8 Å². The van der Waals surface area contributed by atoms with Gasteiger partial charge in [0.2, 0.25) is 5.95 Å². The van der Waals surface area contributed by atoms with Crippen LogP contribution in [0.1, 0.15) is 11.1 Å². The zero-order valence-corrected chi connectivity index (χ0v) is 22.0. The van der Waals surface area contributed by atoms with Crippen molar-refractivity contribution < 1.29 is 12.8 Å². The number of nitrogens with zero attached hydrogens (tertiary/aromatic N) is 4. The molecular formula is C27H28FN7O2S. The van der Waals surface area contributed by atoms with E-state index in [4.69, 9.17) is 5.73 Å². The molecule has 9 nitrogen and oxygen atoms in total. The maximum absolute atomic E-state index is 13.9. The van der Waals surface area contributed by atoms with Crippen molar-refractivity contribution in [1.29, 1.82) is 0 Å². The third-order valence-electron chi connectivity index (χ3n) is 6.47. The second-order valence-corrected chi connectivity index (χ2v) is 11.5. The van der Waals surface area contributed by atoms with E-state index < -0.39 is 15.6 Å². The summed E-state index contributed by atoms with van der Waals surface area (Å²) in [4.78, 5) is 12.7. The molecule has 0 fully saturated rings. The Kier molecular flexibility index (Phi) is 6.41. The highest BCUT2D eigenvalue weighted by molar-refractivity contribution is 7.89. The molecule has 5 rings (SSSR count). The van der Waals surface area contributed by atoms with Crippen LogP contribution in [0.25, 0.3) is 0 Å². The van der Waals surface area contributed by atoms with Gasteiger partial charge < -0.3 is 20.4 Å². The highest BCUT2D eigenvalue weighted by Crippen LogP contribution is 2.43. The predicted octanol–water partition coefficient (Wildman–Crippen LogP) is 4.30. The molecule has 0 aliphatic carbocycles. The predicted molar refractivity (Wildman–Crippen MR) is 149 cm³/mol. The Morgan fingerprint density at radius 3 is 2.58 bits per heavy atom. The summed E-state index contributed by atoms with van der Waals surface area (Å²) in [5.41, 5.74) is 11.3. The summed E-state index contributed by atoms with van der Waals surface area (Å²) in [6.45, 7) is 0. The molecule has 0 amide bonds. The number of hydrogen-bond acceptors (Lipinski definition) is 9. The van der Waals surface area contributed by atoms with Crippen LogP contribution in [0, 0.1) is 5.82 Å². The zero-order valence-electron chi connectivity index (χ0n) is 21.2. The first-order valence-corrected chi connectivity index (χ1v) is 13.9. The van der Waals surface area contributed by atoms with E-state index in [1.54, 1.807) is 48.7 Å². The quantitative estimate of drug-likeness (QED) is 0.320. The van der Waals surface area contributed by atoms with Crippen molar-refractivity contribution in [2.75, 3.05) is 40.8 Å². The minimum Gasteiger partial charge on any atom is -0.345 e. The lowest BCUT2D eigenvalue weighted by Crippen LogP contribution is -2.53. The molecule has 0 radical (unpaired) electrons. The molecule has 2 heterocycles. The van der Waals surface area contributed by atoms with Gasteiger partial charge in [0.05, 0.1) is 17.1 Å². The largest absolute Gasteiger partial charge is 0.345 e. The lowest BCUT2D eigenvalue weighted by atomic mass is 10.1. The normalized spacial score (nSPS) is 16.6. The molecule has 196 valence electrons. The molecule has 11 heteroatoms. The summed E-state index contributed by atoms with van der Waals surface area (Å²) in [5.74, 6) is -0.395. The lowest BCUT2D eigenvalue weighted by molar-refractivity contribution is 0.516. The van der Waals surface area contributed by atoms with E-state index in [9.17, 15) is 12.8 Å². The number of benzene rings is 3. The van der Waals surface area contributed by atoms with Gasteiger partial charge in [-0.3, -0.25) is 5.73 Å². The van der Waals surface area contributed by atoms with Crippen LogP contribution in [0.4, 0.5) is 38.9 Å². The van der Waals surface area contributed by atoms with Gasteiger partial charge >= 0.3 is 0 Å². The fraction of sp³-hybridized carbons (Fsp3) is 0.185. The van der Waals surface area contributed by atoms with Gasteiger partial charge in [0.25, 0.3) is 0 Å². The van der Waals surface area contributed by atoms with Crippen LogP contribution in [0.5, 0.6) is 0 Å². The van der Waals surface area contributed by atoms with E-state index in [-0.39, 0.29) is 11.6 Å². The van der Waals surface area contributed by atoms with Gasteiger partial charge in [0.1, 0.15) is 11.6 Å². The van der Waals surface area contributed by atoms with E-state index >= 15 is 0 Å². The Morgan fingerprint density at radius 1 is 1.11 bits per heavy atom. The van der Waals surface area contributed by atoms with Crippen LogP contribution in [0.15, 0.2) is 79.0 Å². The summed E-state index contributed by atoms with van der Waals surface area (Å²) < 4.78 is 36.9. The van der Waals surface area contributed by atoms with Crippen molar-refractivity contribution in [3.8, 4) is 0 Å². The van der Waals surface area contributed by atoms with Gasteiger partial charge in [0.15, 0.2) is 15.6 Å². The van der Waals surface area contributed by atoms with E-state index in [2.05, 4.69) is 20.6 Å². The van der Waals surface area contributed by atoms with Crippen molar-refractivity contribution >= 4 is 44.4 Å². The first-order valence-electron chi connectivity index (χ1n) is 11.8. The smallest absolute Gasteiger partial charge is 0.229 e. The molecule has 1 aliphatic heterocycles. The average molecular weight is 534 g/mol. The second kappa shape index (κ2) is 9.58. The molecule has 4 aromatic rings. The van der Waals surface area contributed by atoms with Gasteiger partial charge in [0, 0.05) is 43.5 Å². The SMILES string of the molecule is CN(c1ccc2c(c1)NC(N)(c1cccc(F)c1)N2C)c1ccnc(Nc2ccc(CS(C)(=O)=O)cc2)n1. The van der Waals surface area contributed by atoms with Crippen LogP contribution in [-0.2, 0) is 21.4 Å². The lowest BCUT2D eigenvalue weighted by Gasteiger charge is -2.34. The standard InChI is InChI=1S/C27H28FN7O2S/c1-34(25-13-14-30-26(32-25)31-21-9-7-18(8-10-21)17-38(3,36)37)22-11-12-24-23(16-22)33-27(29,35(24)2)19-5-4-6-20(28)15-19/h4-16,33H,17,29H2,1-3H3,(H,30,31,32). The van der Waals surface area contributed by atoms with Crippen molar-refractivity contribution in [1.82, 2.24) is 9.97 Å². The maximum atomic E-state index is 13.9. The Labute approximate surface area is 221 Å². The van der Waals surface area contributed by atoms with Crippen LogP contribution in [-0.4, -0.2) is 38.7 Å². The van der Waals surface area contributed by atoms with Gasteiger partial charge in [-0.15, -0.1) is 0 Å². The number of sulfone groups is 1. The highest BCUT2D eigenvalue weighted by Gasteiger charge is 2.40. The van der Waals surface area contributed by atoms with Crippen molar-refractivity contribution in [3.63, 3.8) is 0 Å². The second-order valence-electron chi connectivity index (χ2n) is 9.35. The molecule has 1 unspecified atom stereocenters. The fourth-order valence-corrected chi connectivity index (χ4v) is 5.24. The summed E-state index contributed by atoms with van der Waals surface area (Å²) in [6, 6.07) is 21.0. The van der Waals surface area contributed by atoms with Crippen LogP contribution in [0.2, 0.25) is 0 Å². The molecule has 1 aliphatic rings. The Bertz CT molecular complexity index is 1600. The van der Waals surface area contributed by atoms with E-state index in [1.807, 2.05) is 42.1 Å². The Morgan fingerprint density at radius 2 is 1.87 bits per heavy atom. The number of hydrogen-bond donors (Lipinski definition) is 3. The molecule has 1 atom stereocenters. The molecule has 0 bridgehead atoms. The van der Waals surface area contributed by atoms with Crippen LogP contribution >= 0.6 is 0 Å². The van der Waals surface area contributed by atoms with Gasteiger partial charge in [-0.1, -0.05) is 24.3 Å². The monoisotopic (exact) mass is 533 g/mol. The van der Waals surface area contributed by atoms with Gasteiger partial charge in [-0.05, 0) is 54.1 Å². The van der Waals surface area contributed by atoms with Crippen molar-refractivity contribution in [2.45, 2.75) is 11.5 Å². The summed E-state index contributed by atoms with van der Waals surface area (Å²) in [6.07, 6.45) is 2.87. The van der Waals surface area contributed by atoms with Crippen molar-refractivity contribution in [3.05, 3.63) is 95.9 Å². The summed E-state index contributed by atoms with van der Waals surface area (Å²) in [7, 11) is 0.662. The Balaban J connectivity index is 1.34. The number of aromatic nitrogens is 2. The number of fused-ring (bicyclic) bond motifs is 1. The topological polar surface area (TPSA) is 116 Å². The van der Waals surface area contributed by atoms with Crippen molar-refractivity contribution in [2.24, 2.45) is 5.73 Å². The van der Waals surface area contributed by atoms with E-state index in [0.717, 1.165) is 22.7 Å².